The molecule has 0 aliphatic carbocycles. The van der Waals surface area contributed by atoms with Crippen LogP contribution < -0.4 is 5.32 Å². The van der Waals surface area contributed by atoms with Crippen molar-refractivity contribution >= 4 is 17.4 Å². The van der Waals surface area contributed by atoms with Crippen molar-refractivity contribution in [1.29, 1.82) is 0 Å². The Morgan fingerprint density at radius 1 is 1.31 bits per heavy atom. The quantitative estimate of drug-likeness (QED) is 0.647. The number of nitrogens with one attached hydrogen (secondary N) is 1. The van der Waals surface area contributed by atoms with Crippen molar-refractivity contribution in [3.05, 3.63) is 42.6 Å². The van der Waals surface area contributed by atoms with E-state index >= 15 is 0 Å². The third-order valence-corrected chi connectivity index (χ3v) is 5.18. The first-order valence-corrected chi connectivity index (χ1v) is 10.0. The van der Waals surface area contributed by atoms with E-state index in [1.165, 1.54) is 12.3 Å². The number of hydrogen-bond donors (Lipinski definition) is 1. The van der Waals surface area contributed by atoms with Crippen LogP contribution in [0.3, 0.4) is 0 Å². The number of carbonyl (C=O) groups excluding carboxylic acids is 1. The van der Waals surface area contributed by atoms with Gasteiger partial charge in [-0.15, -0.1) is 5.10 Å². The summed E-state index contributed by atoms with van der Waals surface area (Å²) in [6.45, 7) is 5.61. The van der Waals surface area contributed by atoms with Crippen molar-refractivity contribution < 1.29 is 9.18 Å². The van der Waals surface area contributed by atoms with E-state index in [1.54, 1.807) is 16.8 Å². The van der Waals surface area contributed by atoms with Crippen LogP contribution in [0.15, 0.2) is 36.7 Å². The number of aromatic nitrogens is 4. The summed E-state index contributed by atoms with van der Waals surface area (Å²) >= 11 is 0. The van der Waals surface area contributed by atoms with E-state index in [4.69, 9.17) is 0 Å². The van der Waals surface area contributed by atoms with Crippen molar-refractivity contribution in [1.82, 2.24) is 24.5 Å². The van der Waals surface area contributed by atoms with E-state index in [-0.39, 0.29) is 11.9 Å². The fourth-order valence-corrected chi connectivity index (χ4v) is 3.79. The number of amides is 1. The van der Waals surface area contributed by atoms with Crippen LogP contribution >= 0.6 is 0 Å². The summed E-state index contributed by atoms with van der Waals surface area (Å²) in [4.78, 5) is 22.4. The summed E-state index contributed by atoms with van der Waals surface area (Å²) in [6, 6.07) is 7.00. The molecule has 1 fully saturated rings. The number of fused-ring (bicyclic) bond motifs is 1. The van der Waals surface area contributed by atoms with Crippen LogP contribution in [0.25, 0.3) is 16.9 Å². The first kappa shape index (κ1) is 19.3. The van der Waals surface area contributed by atoms with Gasteiger partial charge in [-0.05, 0) is 37.0 Å². The van der Waals surface area contributed by atoms with Gasteiger partial charge in [-0.1, -0.05) is 13.8 Å². The highest BCUT2D eigenvalue weighted by Crippen LogP contribution is 2.22. The van der Waals surface area contributed by atoms with Gasteiger partial charge < -0.3 is 10.2 Å². The maximum Gasteiger partial charge on any atom is 0.223 e. The lowest BCUT2D eigenvalue weighted by Gasteiger charge is -2.26. The molecule has 8 heteroatoms. The van der Waals surface area contributed by atoms with E-state index < -0.39 is 5.95 Å². The van der Waals surface area contributed by atoms with Gasteiger partial charge in [0.05, 0.1) is 11.9 Å². The third kappa shape index (κ3) is 4.21. The second-order valence-corrected chi connectivity index (χ2v) is 7.86. The van der Waals surface area contributed by atoms with Crippen molar-refractivity contribution in [2.45, 2.75) is 39.2 Å². The molecule has 1 amide bonds. The molecular formula is C21H25FN6O. The van der Waals surface area contributed by atoms with Gasteiger partial charge in [0.1, 0.15) is 5.82 Å². The van der Waals surface area contributed by atoms with Crippen LogP contribution in [0.1, 0.15) is 33.1 Å². The van der Waals surface area contributed by atoms with Crippen molar-refractivity contribution in [3.63, 3.8) is 0 Å². The van der Waals surface area contributed by atoms with Crippen molar-refractivity contribution in [3.8, 4) is 11.3 Å². The molecule has 3 aromatic heterocycles. The lowest BCUT2D eigenvalue weighted by molar-refractivity contribution is -0.132. The van der Waals surface area contributed by atoms with Gasteiger partial charge in [0.25, 0.3) is 0 Å². The van der Waals surface area contributed by atoms with Crippen LogP contribution in [0.2, 0.25) is 0 Å². The molecule has 1 N–H and O–H groups in total. The number of anilines is 1. The number of rotatable bonds is 6. The summed E-state index contributed by atoms with van der Waals surface area (Å²) in [5.41, 5.74) is 2.04. The molecule has 3 aromatic rings. The molecule has 1 aliphatic heterocycles. The zero-order chi connectivity index (χ0) is 20.4. The average Bonchev–Trinajstić information content (AvgIpc) is 3.32. The molecule has 1 saturated heterocycles. The molecule has 0 spiro atoms. The zero-order valence-electron chi connectivity index (χ0n) is 16.7. The van der Waals surface area contributed by atoms with Crippen LogP contribution in [0, 0.1) is 11.9 Å². The highest BCUT2D eigenvalue weighted by molar-refractivity contribution is 5.77. The number of nitrogens with zero attached hydrogens (tertiary/aromatic N) is 5. The minimum atomic E-state index is -0.542. The van der Waals surface area contributed by atoms with Crippen LogP contribution in [0.5, 0.6) is 0 Å². The molecule has 152 valence electrons. The molecule has 4 heterocycles. The van der Waals surface area contributed by atoms with E-state index in [2.05, 4.69) is 34.2 Å². The minimum Gasteiger partial charge on any atom is -0.367 e. The Labute approximate surface area is 169 Å². The van der Waals surface area contributed by atoms with Crippen LogP contribution in [0.4, 0.5) is 10.2 Å². The SMILES string of the molecule is CC(C)CC(=O)N1CCCC1CNc1ccc2ncc(-c3ccnc(F)c3)n2n1. The second kappa shape index (κ2) is 8.14. The van der Waals surface area contributed by atoms with Gasteiger partial charge in [-0.3, -0.25) is 4.79 Å². The molecule has 0 aromatic carbocycles. The van der Waals surface area contributed by atoms with Crippen molar-refractivity contribution in [2.75, 3.05) is 18.4 Å². The number of likely N-dealkylation sites (tertiary alicyclic amines) is 1. The molecule has 7 nitrogen and oxygen atoms in total. The summed E-state index contributed by atoms with van der Waals surface area (Å²) in [7, 11) is 0. The number of imidazole rings is 1. The Morgan fingerprint density at radius 2 is 2.17 bits per heavy atom. The first-order chi connectivity index (χ1) is 14.0. The summed E-state index contributed by atoms with van der Waals surface area (Å²) in [5, 5.41) is 7.97. The average molecular weight is 396 g/mol. The molecular weight excluding hydrogens is 371 g/mol. The van der Waals surface area contributed by atoms with Crippen molar-refractivity contribution in [2.24, 2.45) is 5.92 Å². The molecule has 0 saturated carbocycles. The topological polar surface area (TPSA) is 75.4 Å². The van der Waals surface area contributed by atoms with Crippen LogP contribution in [-0.4, -0.2) is 49.5 Å². The number of carbonyl (C=O) groups is 1. The number of pyridine rings is 1. The van der Waals surface area contributed by atoms with Gasteiger partial charge in [-0.25, -0.2) is 14.5 Å². The Kier molecular flexibility index (Phi) is 5.42. The summed E-state index contributed by atoms with van der Waals surface area (Å²) in [6.07, 6.45) is 5.70. The summed E-state index contributed by atoms with van der Waals surface area (Å²) < 4.78 is 15.2. The van der Waals surface area contributed by atoms with Gasteiger partial charge >= 0.3 is 0 Å². The molecule has 0 bridgehead atoms. The Morgan fingerprint density at radius 3 is 2.97 bits per heavy atom. The lowest BCUT2D eigenvalue weighted by atomic mass is 10.1. The Balaban J connectivity index is 1.50. The second-order valence-electron chi connectivity index (χ2n) is 7.86. The molecule has 0 radical (unpaired) electrons. The molecule has 1 unspecified atom stereocenters. The minimum absolute atomic E-state index is 0.176. The maximum absolute atomic E-state index is 13.5. The fourth-order valence-electron chi connectivity index (χ4n) is 3.79. The first-order valence-electron chi connectivity index (χ1n) is 10.0. The maximum atomic E-state index is 13.5. The molecule has 1 atom stereocenters. The van der Waals surface area contributed by atoms with Gasteiger partial charge in [-0.2, -0.15) is 4.39 Å². The van der Waals surface area contributed by atoms with Gasteiger partial charge in [0.15, 0.2) is 5.65 Å². The predicted octanol–water partition coefficient (Wildman–Crippen LogP) is 3.38. The van der Waals surface area contributed by atoms with E-state index in [9.17, 15) is 9.18 Å². The highest BCUT2D eigenvalue weighted by atomic mass is 19.1. The normalized spacial score (nSPS) is 16.7. The van der Waals surface area contributed by atoms with E-state index in [1.807, 2.05) is 17.0 Å². The monoisotopic (exact) mass is 396 g/mol. The van der Waals surface area contributed by atoms with E-state index in [0.717, 1.165) is 19.4 Å². The number of hydrogen-bond acceptors (Lipinski definition) is 5. The third-order valence-electron chi connectivity index (χ3n) is 5.18. The Bertz CT molecular complexity index is 1020. The fraction of sp³-hybridized carbons (Fsp3) is 0.429. The smallest absolute Gasteiger partial charge is 0.223 e. The van der Waals surface area contributed by atoms with Gasteiger partial charge in [0.2, 0.25) is 11.9 Å². The standard InChI is InChI=1S/C21H25FN6O/c1-14(2)10-21(29)27-9-3-4-16(27)12-24-19-5-6-20-25-13-17(28(20)26-19)15-7-8-23-18(22)11-15/h5-8,11,13-14,16H,3-4,9-10,12H2,1-2H3,(H,24,26). The highest BCUT2D eigenvalue weighted by Gasteiger charge is 2.28. The Hall–Kier alpha value is -3.03. The molecule has 1 aliphatic rings. The van der Waals surface area contributed by atoms with E-state index in [0.29, 0.717) is 41.6 Å². The van der Waals surface area contributed by atoms with Crippen LogP contribution in [-0.2, 0) is 4.79 Å². The molecule has 4 rings (SSSR count). The zero-order valence-corrected chi connectivity index (χ0v) is 16.7. The lowest BCUT2D eigenvalue weighted by Crippen LogP contribution is -2.40. The predicted molar refractivity (Wildman–Crippen MR) is 109 cm³/mol. The largest absolute Gasteiger partial charge is 0.367 e. The summed E-state index contributed by atoms with van der Waals surface area (Å²) in [5.74, 6) is 0.733. The van der Waals surface area contributed by atoms with Gasteiger partial charge in [0, 0.05) is 43.4 Å². The number of halogens is 1. The molecule has 29 heavy (non-hydrogen) atoms.